The Morgan fingerprint density at radius 1 is 1.23 bits per heavy atom. The van der Waals surface area contributed by atoms with E-state index in [1.807, 2.05) is 0 Å². The minimum atomic E-state index is -0.469. The summed E-state index contributed by atoms with van der Waals surface area (Å²) in [4.78, 5) is 27.8. The van der Waals surface area contributed by atoms with Crippen LogP contribution in [0.15, 0.2) is 68.9 Å². The number of hydrogen-bond donors (Lipinski definition) is 2. The number of thiazole rings is 1. The van der Waals surface area contributed by atoms with Gasteiger partial charge in [-0.1, -0.05) is 24.3 Å². The molecule has 0 aliphatic heterocycles. The molecule has 0 bridgehead atoms. The molecule has 0 fully saturated rings. The van der Waals surface area contributed by atoms with E-state index in [-0.39, 0.29) is 18.0 Å². The highest BCUT2D eigenvalue weighted by molar-refractivity contribution is 7.12. The van der Waals surface area contributed by atoms with Gasteiger partial charge in [0.15, 0.2) is 5.69 Å². The number of nitro groups is 1. The van der Waals surface area contributed by atoms with Gasteiger partial charge in [0.2, 0.25) is 5.13 Å². The Hall–Kier alpha value is -3.96. The van der Waals surface area contributed by atoms with Crippen LogP contribution in [0.5, 0.6) is 0 Å². The summed E-state index contributed by atoms with van der Waals surface area (Å²) in [5.74, 6) is 0. The van der Waals surface area contributed by atoms with E-state index in [4.69, 9.17) is 0 Å². The largest absolute Gasteiger partial charge is 0.392 e. The van der Waals surface area contributed by atoms with Crippen molar-refractivity contribution in [1.82, 2.24) is 14.8 Å². The average molecular weight is 436 g/mol. The highest BCUT2D eigenvalue weighted by Gasteiger charge is 2.16. The molecule has 4 rings (SSSR count). The first-order valence-electron chi connectivity index (χ1n) is 9.10. The van der Waals surface area contributed by atoms with E-state index in [1.54, 1.807) is 48.7 Å². The Balaban J connectivity index is 1.65. The van der Waals surface area contributed by atoms with Gasteiger partial charge in [-0.15, -0.1) is 16.5 Å². The maximum atomic E-state index is 12.8. The molecular weight excluding hydrogens is 420 g/mol. The lowest BCUT2D eigenvalue weighted by Gasteiger charge is -1.97. The molecule has 0 saturated carbocycles. The van der Waals surface area contributed by atoms with E-state index in [2.05, 4.69) is 20.3 Å². The van der Waals surface area contributed by atoms with Crippen molar-refractivity contribution in [3.8, 4) is 16.4 Å². The molecule has 4 aromatic rings. The summed E-state index contributed by atoms with van der Waals surface area (Å²) in [6.45, 7) is 1.59. The maximum Gasteiger partial charge on any atom is 0.301 e. The Kier molecular flexibility index (Phi) is 5.52. The van der Waals surface area contributed by atoms with Gasteiger partial charge in [0.25, 0.3) is 5.69 Å². The number of hydrogen-bond acceptors (Lipinski definition) is 8. The molecule has 0 radical (unpaired) electrons. The number of azo groups is 1. The Morgan fingerprint density at radius 2 is 2.03 bits per heavy atom. The third-order valence-electron chi connectivity index (χ3n) is 4.44. The third kappa shape index (κ3) is 4.17. The molecule has 0 atom stereocenters. The summed E-state index contributed by atoms with van der Waals surface area (Å²) in [5.41, 5.74) is 2.51. The smallest absolute Gasteiger partial charge is 0.301 e. The summed E-state index contributed by atoms with van der Waals surface area (Å²) in [6.07, 6.45) is 0. The van der Waals surface area contributed by atoms with Crippen molar-refractivity contribution in [1.29, 1.82) is 0 Å². The third-order valence-corrected chi connectivity index (χ3v) is 5.26. The van der Waals surface area contributed by atoms with Crippen LogP contribution in [0.4, 0.5) is 17.1 Å². The van der Waals surface area contributed by atoms with E-state index in [0.717, 1.165) is 0 Å². The summed E-state index contributed by atoms with van der Waals surface area (Å²) in [7, 11) is 0. The van der Waals surface area contributed by atoms with E-state index < -0.39 is 10.5 Å². The van der Waals surface area contributed by atoms with Crippen LogP contribution in [0, 0.1) is 17.0 Å². The fourth-order valence-electron chi connectivity index (χ4n) is 2.89. The number of aromatic nitrogens is 3. The lowest BCUT2D eigenvalue weighted by atomic mass is 10.1. The molecule has 0 unspecified atom stereocenters. The van der Waals surface area contributed by atoms with E-state index in [9.17, 15) is 20.0 Å². The highest BCUT2D eigenvalue weighted by Crippen LogP contribution is 2.27. The van der Waals surface area contributed by atoms with Gasteiger partial charge in [-0.25, -0.2) is 4.98 Å². The number of H-pyrrole nitrogens is 1. The molecule has 0 aliphatic carbocycles. The fourth-order valence-corrected chi connectivity index (χ4v) is 3.68. The van der Waals surface area contributed by atoms with Crippen LogP contribution in [0.1, 0.15) is 11.3 Å². The van der Waals surface area contributed by atoms with Gasteiger partial charge in [0.1, 0.15) is 0 Å². The molecule has 31 heavy (non-hydrogen) atoms. The van der Waals surface area contributed by atoms with Crippen LogP contribution >= 0.6 is 11.3 Å². The topological polar surface area (TPSA) is 139 Å². The molecule has 2 aromatic heterocycles. The van der Waals surface area contributed by atoms with Gasteiger partial charge in [-0.3, -0.25) is 20.0 Å². The predicted molar refractivity (Wildman–Crippen MR) is 115 cm³/mol. The minimum absolute atomic E-state index is 0.0344. The molecule has 2 aromatic carbocycles. The normalized spacial score (nSPS) is 11.3. The number of aromatic amines is 1. The second-order valence-corrected chi connectivity index (χ2v) is 7.41. The van der Waals surface area contributed by atoms with E-state index >= 15 is 0 Å². The second-order valence-electron chi connectivity index (χ2n) is 6.58. The number of nitrogens with zero attached hydrogens (tertiary/aromatic N) is 5. The molecule has 11 heteroatoms. The predicted octanol–water partition coefficient (Wildman–Crippen LogP) is 4.41. The summed E-state index contributed by atoms with van der Waals surface area (Å²) in [5, 5.41) is 33.4. The number of benzene rings is 2. The Bertz CT molecular complexity index is 1350. The number of non-ortho nitro benzene ring substituents is 1. The van der Waals surface area contributed by atoms with E-state index in [1.165, 1.54) is 28.2 Å². The van der Waals surface area contributed by atoms with Crippen LogP contribution in [0.25, 0.3) is 16.4 Å². The lowest BCUT2D eigenvalue weighted by Crippen LogP contribution is -2.13. The zero-order chi connectivity index (χ0) is 22.0. The van der Waals surface area contributed by atoms with Gasteiger partial charge >= 0.3 is 5.56 Å². The first kappa shape index (κ1) is 20.3. The molecule has 0 amide bonds. The standard InChI is InChI=1S/C20H16N6O4S/c1-12-18(23-22-15-6-2-4-13(8-15)10-27)19(28)25(24-12)20-21-17(11-31-20)14-5-3-7-16(9-14)26(29)30/h2-9,11,24,27H,10H2,1H3. The van der Waals surface area contributed by atoms with Crippen molar-refractivity contribution < 1.29 is 10.0 Å². The summed E-state index contributed by atoms with van der Waals surface area (Å²) >= 11 is 1.22. The van der Waals surface area contributed by atoms with Crippen LogP contribution in [0.2, 0.25) is 0 Å². The number of rotatable bonds is 6. The average Bonchev–Trinajstić information content (AvgIpc) is 3.37. The first-order chi connectivity index (χ1) is 15.0. The number of aryl methyl sites for hydroxylation is 1. The van der Waals surface area contributed by atoms with Crippen molar-refractivity contribution in [3.05, 3.63) is 85.6 Å². The number of aliphatic hydroxyl groups excluding tert-OH is 1. The van der Waals surface area contributed by atoms with Gasteiger partial charge in [0.05, 0.1) is 28.6 Å². The number of nitrogens with one attached hydrogen (secondary N) is 1. The SMILES string of the molecule is Cc1[nH]n(-c2nc(-c3cccc([N+](=O)[O-])c3)cs2)c(=O)c1N=Nc1cccc(CO)c1. The van der Waals surface area contributed by atoms with Crippen molar-refractivity contribution in [2.75, 3.05) is 0 Å². The molecule has 0 saturated heterocycles. The molecule has 0 spiro atoms. The quantitative estimate of drug-likeness (QED) is 0.262. The summed E-state index contributed by atoms with van der Waals surface area (Å²) < 4.78 is 1.26. The van der Waals surface area contributed by atoms with Gasteiger partial charge in [-0.05, 0) is 24.6 Å². The lowest BCUT2D eigenvalue weighted by molar-refractivity contribution is -0.384. The van der Waals surface area contributed by atoms with Gasteiger partial charge in [-0.2, -0.15) is 9.80 Å². The number of nitro benzene ring substituents is 1. The molecule has 2 N–H and O–H groups in total. The monoisotopic (exact) mass is 436 g/mol. The Labute approximate surface area is 179 Å². The van der Waals surface area contributed by atoms with Crippen LogP contribution in [-0.4, -0.2) is 24.8 Å². The Morgan fingerprint density at radius 3 is 2.81 bits per heavy atom. The maximum absolute atomic E-state index is 12.8. The van der Waals surface area contributed by atoms with Crippen molar-refractivity contribution in [3.63, 3.8) is 0 Å². The second kappa shape index (κ2) is 8.42. The van der Waals surface area contributed by atoms with Crippen LogP contribution in [-0.2, 0) is 6.61 Å². The highest BCUT2D eigenvalue weighted by atomic mass is 32.1. The zero-order valence-electron chi connectivity index (χ0n) is 16.2. The molecule has 156 valence electrons. The van der Waals surface area contributed by atoms with Crippen molar-refractivity contribution >= 4 is 28.4 Å². The van der Waals surface area contributed by atoms with E-state index in [0.29, 0.717) is 33.3 Å². The van der Waals surface area contributed by atoms with Crippen molar-refractivity contribution in [2.45, 2.75) is 13.5 Å². The summed E-state index contributed by atoms with van der Waals surface area (Å²) in [6, 6.07) is 13.0. The molecular formula is C20H16N6O4S. The van der Waals surface area contributed by atoms with Crippen LogP contribution < -0.4 is 5.56 Å². The number of aliphatic hydroxyl groups is 1. The van der Waals surface area contributed by atoms with Crippen molar-refractivity contribution in [2.24, 2.45) is 10.2 Å². The zero-order valence-corrected chi connectivity index (χ0v) is 17.0. The van der Waals surface area contributed by atoms with Gasteiger partial charge in [0, 0.05) is 23.1 Å². The van der Waals surface area contributed by atoms with Crippen LogP contribution in [0.3, 0.4) is 0 Å². The molecule has 2 heterocycles. The molecule has 10 nitrogen and oxygen atoms in total. The molecule has 0 aliphatic rings. The van der Waals surface area contributed by atoms with Gasteiger partial charge < -0.3 is 5.11 Å². The first-order valence-corrected chi connectivity index (χ1v) is 9.98. The minimum Gasteiger partial charge on any atom is -0.392 e. The fraction of sp³-hybridized carbons (Fsp3) is 0.100.